The molecule has 0 bridgehead atoms. The smallest absolute Gasteiger partial charge is 0.278 e. The number of rotatable bonds is 3. The van der Waals surface area contributed by atoms with Crippen LogP contribution in [0.15, 0.2) is 52.0 Å². The summed E-state index contributed by atoms with van der Waals surface area (Å²) in [7, 11) is 0. The molecule has 4 aromatic rings. The summed E-state index contributed by atoms with van der Waals surface area (Å²) in [5, 5.41) is 0.386. The molecular formula is C18H16N5O2S+. The first-order valence-electron chi connectivity index (χ1n) is 7.93. The lowest BCUT2D eigenvalue weighted by molar-refractivity contribution is -0.651. The van der Waals surface area contributed by atoms with Crippen molar-refractivity contribution in [2.45, 2.75) is 13.5 Å². The molecule has 0 aliphatic heterocycles. The maximum atomic E-state index is 13.0. The van der Waals surface area contributed by atoms with E-state index in [-0.39, 0.29) is 10.5 Å². The number of nitrogens with two attached hydrogens (primary N) is 2. The van der Waals surface area contributed by atoms with Gasteiger partial charge in [0.05, 0.1) is 11.8 Å². The minimum absolute atomic E-state index is 0.117. The number of hydrogen-bond acceptors (Lipinski definition) is 5. The second kappa shape index (κ2) is 5.92. The van der Waals surface area contributed by atoms with Gasteiger partial charge in [-0.3, -0.25) is 9.20 Å². The molecule has 0 radical (unpaired) electrons. The molecule has 0 spiro atoms. The van der Waals surface area contributed by atoms with Gasteiger partial charge >= 0.3 is 0 Å². The molecule has 0 amide bonds. The number of fused-ring (bicyclic) bond motifs is 2. The van der Waals surface area contributed by atoms with Gasteiger partial charge in [0.2, 0.25) is 11.5 Å². The summed E-state index contributed by atoms with van der Waals surface area (Å²) in [6.45, 7) is 2.22. The average molecular weight is 366 g/mol. The molecule has 0 aliphatic carbocycles. The van der Waals surface area contributed by atoms with E-state index < -0.39 is 0 Å². The Hall–Kier alpha value is -3.26. The Bertz CT molecular complexity index is 1230. The number of nitrogen functional groups attached to an aromatic ring is 1. The molecule has 4 rings (SSSR count). The fraction of sp³-hybridized carbons (Fsp3) is 0.111. The molecule has 8 heteroatoms. The molecule has 0 unspecified atom stereocenters. The first-order chi connectivity index (χ1) is 12.5. The zero-order chi connectivity index (χ0) is 18.4. The highest BCUT2D eigenvalue weighted by atomic mass is 32.1. The van der Waals surface area contributed by atoms with Crippen molar-refractivity contribution >= 4 is 39.7 Å². The zero-order valence-electron chi connectivity index (χ0n) is 14.0. The van der Waals surface area contributed by atoms with Crippen LogP contribution in [-0.4, -0.2) is 14.4 Å². The monoisotopic (exact) mass is 366 g/mol. The number of pyridine rings is 2. The Kier molecular flexibility index (Phi) is 3.69. The predicted octanol–water partition coefficient (Wildman–Crippen LogP) is 1.30. The average Bonchev–Trinajstić information content (AvgIpc) is 3.11. The summed E-state index contributed by atoms with van der Waals surface area (Å²) in [6, 6.07) is 8.91. The van der Waals surface area contributed by atoms with Crippen molar-refractivity contribution in [2.75, 3.05) is 5.73 Å². The van der Waals surface area contributed by atoms with E-state index in [9.17, 15) is 4.79 Å². The first-order valence-corrected chi connectivity index (χ1v) is 8.34. The minimum Gasteiger partial charge on any atom is -0.466 e. The summed E-state index contributed by atoms with van der Waals surface area (Å²) in [4.78, 5) is 17.8. The number of anilines is 1. The molecule has 4 aromatic heterocycles. The van der Waals surface area contributed by atoms with Crippen LogP contribution in [0.3, 0.4) is 0 Å². The van der Waals surface area contributed by atoms with E-state index in [0.717, 1.165) is 5.56 Å². The normalized spacial score (nSPS) is 11.3. The third-order valence-corrected chi connectivity index (χ3v) is 4.48. The molecule has 0 atom stereocenters. The van der Waals surface area contributed by atoms with Crippen LogP contribution < -0.4 is 21.6 Å². The van der Waals surface area contributed by atoms with E-state index in [1.165, 1.54) is 4.40 Å². The van der Waals surface area contributed by atoms with Gasteiger partial charge in [-0.2, -0.15) is 0 Å². The van der Waals surface area contributed by atoms with Crippen LogP contribution in [0.2, 0.25) is 0 Å². The van der Waals surface area contributed by atoms with Gasteiger partial charge in [0.1, 0.15) is 22.7 Å². The largest absolute Gasteiger partial charge is 0.466 e. The van der Waals surface area contributed by atoms with Gasteiger partial charge in [-0.1, -0.05) is 23.3 Å². The highest BCUT2D eigenvalue weighted by Gasteiger charge is 2.22. The fourth-order valence-corrected chi connectivity index (χ4v) is 3.14. The maximum Gasteiger partial charge on any atom is 0.278 e. The summed E-state index contributed by atoms with van der Waals surface area (Å²) in [6.07, 6.45) is 3.32. The van der Waals surface area contributed by atoms with Gasteiger partial charge in [-0.15, -0.1) is 0 Å². The van der Waals surface area contributed by atoms with Gasteiger partial charge in [0.15, 0.2) is 0 Å². The standard InChI is InChI=1S/C18H15N5O2S/c1-10-4-5-14-21-17-13(18(24)22(14)8-10)7-12(16(20)26)15(19)23(17)9-11-3-2-6-25-11/h2-8,19H,9H2,1H3,(H2,20,26)/p+1. The van der Waals surface area contributed by atoms with E-state index >= 15 is 0 Å². The summed E-state index contributed by atoms with van der Waals surface area (Å²) in [5.41, 5.74) is 14.3. The molecule has 130 valence electrons. The van der Waals surface area contributed by atoms with Crippen molar-refractivity contribution in [2.24, 2.45) is 5.73 Å². The third-order valence-electron chi connectivity index (χ3n) is 4.26. The van der Waals surface area contributed by atoms with Crippen molar-refractivity contribution < 1.29 is 8.98 Å². The van der Waals surface area contributed by atoms with E-state index in [1.807, 2.05) is 19.1 Å². The summed E-state index contributed by atoms with van der Waals surface area (Å²) >= 11 is 5.11. The van der Waals surface area contributed by atoms with Gasteiger partial charge < -0.3 is 15.9 Å². The highest BCUT2D eigenvalue weighted by Crippen LogP contribution is 2.16. The van der Waals surface area contributed by atoms with Crippen LogP contribution >= 0.6 is 12.2 Å². The van der Waals surface area contributed by atoms with Crippen LogP contribution in [0.1, 0.15) is 16.9 Å². The lowest BCUT2D eigenvalue weighted by Crippen LogP contribution is -2.42. The maximum absolute atomic E-state index is 13.0. The van der Waals surface area contributed by atoms with Gasteiger partial charge in [0, 0.05) is 6.20 Å². The van der Waals surface area contributed by atoms with Crippen LogP contribution in [0, 0.1) is 6.92 Å². The minimum atomic E-state index is -0.209. The van der Waals surface area contributed by atoms with Gasteiger partial charge in [-0.05, 0) is 36.8 Å². The molecule has 7 nitrogen and oxygen atoms in total. The van der Waals surface area contributed by atoms with Crippen molar-refractivity contribution in [3.63, 3.8) is 0 Å². The predicted molar refractivity (Wildman–Crippen MR) is 102 cm³/mol. The SMILES string of the molecule is Cc1ccc2nc3c(cc(C(N)=S)c(N)[n+]3Cc3ccco3)c(=O)n2c1. The molecule has 0 saturated carbocycles. The number of nitrogens with zero attached hydrogens (tertiary/aromatic N) is 3. The molecule has 26 heavy (non-hydrogen) atoms. The summed E-state index contributed by atoms with van der Waals surface area (Å²) in [5.74, 6) is 1.01. The Labute approximate surface area is 153 Å². The lowest BCUT2D eigenvalue weighted by atomic mass is 10.2. The number of aryl methyl sites for hydroxylation is 1. The van der Waals surface area contributed by atoms with Crippen molar-refractivity contribution in [1.29, 1.82) is 0 Å². The molecule has 4 N–H and O–H groups in total. The number of furan rings is 1. The van der Waals surface area contributed by atoms with Gasteiger partial charge in [-0.25, -0.2) is 4.57 Å². The lowest BCUT2D eigenvalue weighted by Gasteiger charge is -2.11. The number of hydrogen-bond donors (Lipinski definition) is 2. The highest BCUT2D eigenvalue weighted by molar-refractivity contribution is 7.80. The van der Waals surface area contributed by atoms with E-state index in [2.05, 4.69) is 4.98 Å². The Morgan fingerprint density at radius 1 is 1.38 bits per heavy atom. The van der Waals surface area contributed by atoms with E-state index in [0.29, 0.717) is 40.4 Å². The Morgan fingerprint density at radius 2 is 2.19 bits per heavy atom. The third kappa shape index (κ3) is 2.51. The van der Waals surface area contributed by atoms with E-state index in [1.54, 1.807) is 35.2 Å². The fourth-order valence-electron chi connectivity index (χ4n) is 2.97. The quantitative estimate of drug-likeness (QED) is 0.322. The molecule has 4 heterocycles. The van der Waals surface area contributed by atoms with Crippen LogP contribution in [0.25, 0.3) is 16.7 Å². The van der Waals surface area contributed by atoms with Crippen molar-refractivity contribution in [3.8, 4) is 0 Å². The molecular weight excluding hydrogens is 350 g/mol. The Balaban J connectivity index is 2.14. The van der Waals surface area contributed by atoms with Crippen molar-refractivity contribution in [1.82, 2.24) is 9.38 Å². The zero-order valence-corrected chi connectivity index (χ0v) is 14.8. The molecule has 0 aromatic carbocycles. The van der Waals surface area contributed by atoms with Gasteiger partial charge in [0.25, 0.3) is 11.2 Å². The number of thiocarbonyl (C=S) groups is 1. The summed E-state index contributed by atoms with van der Waals surface area (Å²) < 4.78 is 8.63. The Morgan fingerprint density at radius 3 is 2.88 bits per heavy atom. The van der Waals surface area contributed by atoms with Crippen LogP contribution in [-0.2, 0) is 6.54 Å². The number of aromatic nitrogens is 3. The second-order valence-electron chi connectivity index (χ2n) is 6.06. The molecule has 0 fully saturated rings. The topological polar surface area (TPSA) is 103 Å². The van der Waals surface area contributed by atoms with Crippen LogP contribution in [0.5, 0.6) is 0 Å². The van der Waals surface area contributed by atoms with Crippen LogP contribution in [0.4, 0.5) is 5.82 Å². The molecule has 0 saturated heterocycles. The second-order valence-corrected chi connectivity index (χ2v) is 6.50. The molecule has 0 aliphatic rings. The first kappa shape index (κ1) is 16.2. The van der Waals surface area contributed by atoms with Crippen molar-refractivity contribution in [3.05, 3.63) is 70.0 Å². The van der Waals surface area contributed by atoms with E-state index in [4.69, 9.17) is 28.1 Å².